The zero-order valence-electron chi connectivity index (χ0n) is 11.4. The average molecular weight is 285 g/mol. The quantitative estimate of drug-likeness (QED) is 0.870. The summed E-state index contributed by atoms with van der Waals surface area (Å²) >= 11 is 0. The molecule has 0 amide bonds. The van der Waals surface area contributed by atoms with Crippen molar-refractivity contribution in [2.75, 3.05) is 26.2 Å². The second-order valence-corrected chi connectivity index (χ2v) is 5.44. The number of aliphatic hydroxyl groups excluding tert-OH is 2. The van der Waals surface area contributed by atoms with Crippen molar-refractivity contribution in [2.24, 2.45) is 5.92 Å². The molecule has 1 aromatic rings. The van der Waals surface area contributed by atoms with Crippen molar-refractivity contribution in [1.29, 1.82) is 0 Å². The molecule has 0 radical (unpaired) electrons. The lowest BCUT2D eigenvalue weighted by atomic mass is 9.98. The summed E-state index contributed by atoms with van der Waals surface area (Å²) in [6.45, 7) is 2.52. The van der Waals surface area contributed by atoms with Crippen molar-refractivity contribution < 1.29 is 19.0 Å². The summed E-state index contributed by atoms with van der Waals surface area (Å²) in [5, 5.41) is 19.2. The highest BCUT2D eigenvalue weighted by atomic mass is 19.2. The van der Waals surface area contributed by atoms with Crippen molar-refractivity contribution >= 4 is 0 Å². The Hall–Kier alpha value is -1.04. The van der Waals surface area contributed by atoms with Crippen LogP contribution in [0.2, 0.25) is 0 Å². The molecule has 5 heteroatoms. The van der Waals surface area contributed by atoms with Crippen LogP contribution in [-0.4, -0.2) is 41.4 Å². The molecule has 1 aromatic carbocycles. The van der Waals surface area contributed by atoms with Crippen molar-refractivity contribution in [2.45, 2.75) is 25.4 Å². The molecule has 1 aliphatic heterocycles. The molecule has 1 saturated heterocycles. The third-order valence-electron chi connectivity index (χ3n) is 3.92. The van der Waals surface area contributed by atoms with E-state index in [4.69, 9.17) is 5.11 Å². The Morgan fingerprint density at radius 1 is 1.35 bits per heavy atom. The first kappa shape index (κ1) is 15.4. The molecular weight excluding hydrogens is 264 g/mol. The molecule has 1 fully saturated rings. The maximum Gasteiger partial charge on any atom is 0.164 e. The highest BCUT2D eigenvalue weighted by molar-refractivity contribution is 5.21. The number of hydrogen-bond acceptors (Lipinski definition) is 3. The molecule has 0 bridgehead atoms. The van der Waals surface area contributed by atoms with Gasteiger partial charge in [-0.3, -0.25) is 0 Å². The van der Waals surface area contributed by atoms with E-state index in [9.17, 15) is 13.9 Å². The van der Waals surface area contributed by atoms with Crippen LogP contribution in [-0.2, 0) is 0 Å². The Balaban J connectivity index is 1.88. The Labute approximate surface area is 117 Å². The van der Waals surface area contributed by atoms with Crippen molar-refractivity contribution in [3.8, 4) is 0 Å². The Bertz CT molecular complexity index is 442. The van der Waals surface area contributed by atoms with E-state index < -0.39 is 17.7 Å². The maximum atomic E-state index is 13.6. The van der Waals surface area contributed by atoms with E-state index in [2.05, 4.69) is 4.90 Å². The maximum absolute atomic E-state index is 13.6. The molecule has 1 heterocycles. The minimum atomic E-state index is -1.000. The van der Waals surface area contributed by atoms with E-state index in [-0.39, 0.29) is 18.1 Å². The van der Waals surface area contributed by atoms with E-state index in [1.807, 2.05) is 0 Å². The van der Waals surface area contributed by atoms with E-state index >= 15 is 0 Å². The highest BCUT2D eigenvalue weighted by Crippen LogP contribution is 2.23. The summed E-state index contributed by atoms with van der Waals surface area (Å²) in [5.74, 6) is -1.61. The summed E-state index contributed by atoms with van der Waals surface area (Å²) in [4.78, 5) is 2.16. The molecule has 0 spiro atoms. The number of halogens is 2. The van der Waals surface area contributed by atoms with Gasteiger partial charge in [0, 0.05) is 25.3 Å². The van der Waals surface area contributed by atoms with Gasteiger partial charge in [-0.15, -0.1) is 0 Å². The second-order valence-electron chi connectivity index (χ2n) is 5.44. The van der Waals surface area contributed by atoms with Crippen LogP contribution >= 0.6 is 0 Å². The summed E-state index contributed by atoms with van der Waals surface area (Å²) < 4.78 is 26.7. The molecule has 20 heavy (non-hydrogen) atoms. The first-order chi connectivity index (χ1) is 9.61. The van der Waals surface area contributed by atoms with Gasteiger partial charge in [0.25, 0.3) is 0 Å². The summed E-state index contributed by atoms with van der Waals surface area (Å²) in [7, 11) is 0. The second kappa shape index (κ2) is 7.11. The normalized spacial score (nSPS) is 21.9. The lowest BCUT2D eigenvalue weighted by Crippen LogP contribution is -2.37. The van der Waals surface area contributed by atoms with E-state index in [0.717, 1.165) is 32.0 Å². The van der Waals surface area contributed by atoms with Gasteiger partial charge in [-0.1, -0.05) is 12.1 Å². The number of rotatable bonds is 5. The molecule has 3 nitrogen and oxygen atoms in total. The molecule has 2 rings (SSSR count). The largest absolute Gasteiger partial charge is 0.396 e. The van der Waals surface area contributed by atoms with Crippen molar-refractivity contribution in [1.82, 2.24) is 4.90 Å². The van der Waals surface area contributed by atoms with Gasteiger partial charge in [0.15, 0.2) is 11.6 Å². The predicted molar refractivity (Wildman–Crippen MR) is 72.2 cm³/mol. The van der Waals surface area contributed by atoms with Crippen LogP contribution in [0.1, 0.15) is 30.9 Å². The van der Waals surface area contributed by atoms with Gasteiger partial charge in [0.2, 0.25) is 0 Å². The van der Waals surface area contributed by atoms with Gasteiger partial charge >= 0.3 is 0 Å². The Morgan fingerprint density at radius 3 is 2.90 bits per heavy atom. The fraction of sp³-hybridized carbons (Fsp3) is 0.600. The first-order valence-electron chi connectivity index (χ1n) is 7.07. The zero-order chi connectivity index (χ0) is 14.5. The predicted octanol–water partition coefficient (Wildman–Crippen LogP) is 2.09. The number of likely N-dealkylation sites (tertiary alicyclic amines) is 1. The molecule has 1 aliphatic rings. The van der Waals surface area contributed by atoms with Crippen LogP contribution in [0.25, 0.3) is 0 Å². The topological polar surface area (TPSA) is 43.7 Å². The number of benzene rings is 1. The molecule has 112 valence electrons. The van der Waals surface area contributed by atoms with E-state index in [0.29, 0.717) is 13.0 Å². The molecule has 0 aliphatic carbocycles. The molecule has 2 unspecified atom stereocenters. The minimum Gasteiger partial charge on any atom is -0.396 e. The first-order valence-corrected chi connectivity index (χ1v) is 7.07. The summed E-state index contributed by atoms with van der Waals surface area (Å²) in [6, 6.07) is 3.86. The Kier molecular flexibility index (Phi) is 5.46. The molecule has 2 atom stereocenters. The van der Waals surface area contributed by atoms with Gasteiger partial charge < -0.3 is 15.1 Å². The summed E-state index contributed by atoms with van der Waals surface area (Å²) in [6.07, 6.45) is 1.41. The van der Waals surface area contributed by atoms with Crippen molar-refractivity contribution in [3.05, 3.63) is 35.4 Å². The summed E-state index contributed by atoms with van der Waals surface area (Å²) in [5.41, 5.74) is 0.0146. The number of piperidine rings is 1. The van der Waals surface area contributed by atoms with Gasteiger partial charge in [0.05, 0.1) is 6.10 Å². The third kappa shape index (κ3) is 3.75. The van der Waals surface area contributed by atoms with Gasteiger partial charge in [-0.05, 0) is 37.8 Å². The molecular formula is C15H21F2NO2. The number of hydrogen-bond donors (Lipinski definition) is 2. The molecule has 2 N–H and O–H groups in total. The Morgan fingerprint density at radius 2 is 2.15 bits per heavy atom. The van der Waals surface area contributed by atoms with Gasteiger partial charge in [-0.2, -0.15) is 0 Å². The van der Waals surface area contributed by atoms with Crippen LogP contribution in [0, 0.1) is 17.6 Å². The molecule has 0 aromatic heterocycles. The lowest BCUT2D eigenvalue weighted by Gasteiger charge is -2.32. The highest BCUT2D eigenvalue weighted by Gasteiger charge is 2.21. The fourth-order valence-corrected chi connectivity index (χ4v) is 2.74. The van der Waals surface area contributed by atoms with E-state index in [1.165, 1.54) is 12.1 Å². The van der Waals surface area contributed by atoms with Crippen molar-refractivity contribution in [3.63, 3.8) is 0 Å². The third-order valence-corrected chi connectivity index (χ3v) is 3.92. The van der Waals surface area contributed by atoms with Crippen LogP contribution in [0.15, 0.2) is 18.2 Å². The van der Waals surface area contributed by atoms with Gasteiger partial charge in [0.1, 0.15) is 0 Å². The SMILES string of the molecule is OCC1CCCN(CCC(O)c2cccc(F)c2F)C1. The number of aliphatic hydroxyl groups is 2. The smallest absolute Gasteiger partial charge is 0.164 e. The van der Waals surface area contributed by atoms with Gasteiger partial charge in [-0.25, -0.2) is 8.78 Å². The lowest BCUT2D eigenvalue weighted by molar-refractivity contribution is 0.0948. The minimum absolute atomic E-state index is 0.0146. The van der Waals surface area contributed by atoms with Crippen LogP contribution in [0.5, 0.6) is 0 Å². The zero-order valence-corrected chi connectivity index (χ0v) is 11.4. The van der Waals surface area contributed by atoms with Crippen LogP contribution < -0.4 is 0 Å². The standard InChI is InChI=1S/C15H21F2NO2/c16-13-5-1-4-12(15(13)17)14(20)6-8-18-7-2-3-11(9-18)10-19/h1,4-5,11,14,19-20H,2-3,6-10H2. The van der Waals surface area contributed by atoms with Crippen LogP contribution in [0.3, 0.4) is 0 Å². The average Bonchev–Trinajstić information content (AvgIpc) is 2.48. The molecule has 0 saturated carbocycles. The van der Waals surface area contributed by atoms with Crippen LogP contribution in [0.4, 0.5) is 8.78 Å². The fourth-order valence-electron chi connectivity index (χ4n) is 2.74. The number of nitrogens with zero attached hydrogens (tertiary/aromatic N) is 1. The monoisotopic (exact) mass is 285 g/mol. The van der Waals surface area contributed by atoms with E-state index in [1.54, 1.807) is 0 Å².